The van der Waals surface area contributed by atoms with Crippen molar-refractivity contribution in [3.05, 3.63) is 0 Å². The number of carbonyl (C=O) groups excluding carboxylic acids is 1. The summed E-state index contributed by atoms with van der Waals surface area (Å²) in [7, 11) is 0. The van der Waals surface area contributed by atoms with Crippen LogP contribution in [0, 0.1) is 5.92 Å². The number of hydrogen-bond donors (Lipinski definition) is 2. The lowest BCUT2D eigenvalue weighted by molar-refractivity contribution is -0.118. The van der Waals surface area contributed by atoms with Gasteiger partial charge in [-0.2, -0.15) is 0 Å². The zero-order valence-corrected chi connectivity index (χ0v) is 10.1. The van der Waals surface area contributed by atoms with Crippen LogP contribution in [0.3, 0.4) is 0 Å². The van der Waals surface area contributed by atoms with Crippen LogP contribution < -0.4 is 5.32 Å². The molecule has 4 heteroatoms. The number of thioether (sulfide) groups is 1. The maximum absolute atomic E-state index is 11.3. The largest absolute Gasteiger partial charge is 0.396 e. The molecule has 0 aromatic heterocycles. The molecule has 0 saturated carbocycles. The highest BCUT2D eigenvalue weighted by Crippen LogP contribution is 2.07. The molecule has 14 heavy (non-hydrogen) atoms. The van der Waals surface area contributed by atoms with E-state index in [-0.39, 0.29) is 12.5 Å². The highest BCUT2D eigenvalue weighted by molar-refractivity contribution is 8.00. The maximum Gasteiger partial charge on any atom is 0.230 e. The molecular weight excluding hydrogens is 198 g/mol. The van der Waals surface area contributed by atoms with E-state index in [1.807, 2.05) is 6.92 Å². The van der Waals surface area contributed by atoms with Gasteiger partial charge < -0.3 is 10.4 Å². The van der Waals surface area contributed by atoms with Crippen molar-refractivity contribution in [3.8, 4) is 0 Å². The Morgan fingerprint density at radius 1 is 1.43 bits per heavy atom. The van der Waals surface area contributed by atoms with Gasteiger partial charge in [0.25, 0.3) is 0 Å². The van der Waals surface area contributed by atoms with E-state index in [0.717, 1.165) is 6.42 Å². The summed E-state index contributed by atoms with van der Waals surface area (Å²) in [5, 5.41) is 12.0. The Morgan fingerprint density at radius 2 is 2.07 bits per heavy atom. The van der Waals surface area contributed by atoms with Gasteiger partial charge in [0.05, 0.1) is 5.75 Å². The van der Waals surface area contributed by atoms with Crippen LogP contribution in [0.2, 0.25) is 0 Å². The third-order valence-corrected chi connectivity index (χ3v) is 2.91. The molecule has 0 fully saturated rings. The molecule has 1 amide bonds. The van der Waals surface area contributed by atoms with Crippen molar-refractivity contribution < 1.29 is 9.90 Å². The molecule has 0 aliphatic heterocycles. The van der Waals surface area contributed by atoms with Gasteiger partial charge >= 0.3 is 0 Å². The van der Waals surface area contributed by atoms with Crippen molar-refractivity contribution in [2.45, 2.75) is 32.4 Å². The molecule has 1 atom stereocenters. The van der Waals surface area contributed by atoms with Crippen molar-refractivity contribution in [2.75, 3.05) is 18.9 Å². The van der Waals surface area contributed by atoms with Gasteiger partial charge in [0.2, 0.25) is 5.91 Å². The Balaban J connectivity index is 3.43. The molecule has 0 bridgehead atoms. The number of carbonyl (C=O) groups is 1. The average molecular weight is 219 g/mol. The van der Waals surface area contributed by atoms with E-state index in [1.54, 1.807) is 11.8 Å². The second kappa shape index (κ2) is 8.12. The molecule has 0 aromatic carbocycles. The Labute approximate surface area is 90.7 Å². The van der Waals surface area contributed by atoms with E-state index in [9.17, 15) is 4.79 Å². The monoisotopic (exact) mass is 219 g/mol. The Kier molecular flexibility index (Phi) is 7.99. The first-order chi connectivity index (χ1) is 6.56. The van der Waals surface area contributed by atoms with Gasteiger partial charge in [-0.25, -0.2) is 0 Å². The zero-order valence-electron chi connectivity index (χ0n) is 9.25. The van der Waals surface area contributed by atoms with Crippen LogP contribution >= 0.6 is 11.8 Å². The van der Waals surface area contributed by atoms with Gasteiger partial charge in [0.1, 0.15) is 0 Å². The Hall–Kier alpha value is -0.220. The predicted molar refractivity (Wildman–Crippen MR) is 61.5 cm³/mol. The summed E-state index contributed by atoms with van der Waals surface area (Å²) in [5.74, 6) is 0.977. The lowest BCUT2D eigenvalue weighted by atomic mass is 10.1. The number of aliphatic hydroxyl groups is 1. The van der Waals surface area contributed by atoms with Crippen molar-refractivity contribution in [2.24, 2.45) is 5.92 Å². The van der Waals surface area contributed by atoms with Crippen LogP contribution in [0.15, 0.2) is 0 Å². The van der Waals surface area contributed by atoms with E-state index in [4.69, 9.17) is 5.11 Å². The number of amides is 1. The fraction of sp³-hybridized carbons (Fsp3) is 0.900. The third kappa shape index (κ3) is 8.38. The van der Waals surface area contributed by atoms with E-state index in [0.29, 0.717) is 23.5 Å². The minimum Gasteiger partial charge on any atom is -0.396 e. The molecule has 0 aliphatic rings. The first-order valence-corrected chi connectivity index (χ1v) is 6.10. The minimum absolute atomic E-state index is 0.0912. The van der Waals surface area contributed by atoms with Crippen LogP contribution in [0.4, 0.5) is 0 Å². The van der Waals surface area contributed by atoms with Crippen LogP contribution in [0.5, 0.6) is 0 Å². The SMILES string of the molecule is CC(CCO)CNC(=O)CSC(C)C. The summed E-state index contributed by atoms with van der Waals surface area (Å²) in [6.07, 6.45) is 0.748. The molecule has 0 aliphatic carbocycles. The summed E-state index contributed by atoms with van der Waals surface area (Å²) in [5.41, 5.74) is 0. The zero-order chi connectivity index (χ0) is 11.0. The van der Waals surface area contributed by atoms with Crippen molar-refractivity contribution >= 4 is 17.7 Å². The fourth-order valence-corrected chi connectivity index (χ4v) is 1.49. The summed E-state index contributed by atoms with van der Waals surface area (Å²) in [6.45, 7) is 7.03. The first-order valence-electron chi connectivity index (χ1n) is 5.05. The van der Waals surface area contributed by atoms with Gasteiger partial charge in [-0.15, -0.1) is 11.8 Å². The second-order valence-corrected chi connectivity index (χ2v) is 5.35. The summed E-state index contributed by atoms with van der Waals surface area (Å²) in [6, 6.07) is 0. The van der Waals surface area contributed by atoms with Crippen LogP contribution in [0.25, 0.3) is 0 Å². The van der Waals surface area contributed by atoms with Gasteiger partial charge in [-0.1, -0.05) is 20.8 Å². The standard InChI is InChI=1S/C10H21NO2S/c1-8(2)14-7-10(13)11-6-9(3)4-5-12/h8-9,12H,4-7H2,1-3H3,(H,11,13). The van der Waals surface area contributed by atoms with E-state index < -0.39 is 0 Å². The molecule has 84 valence electrons. The third-order valence-electron chi connectivity index (χ3n) is 1.82. The van der Waals surface area contributed by atoms with Gasteiger partial charge in [0, 0.05) is 13.2 Å². The van der Waals surface area contributed by atoms with Crippen molar-refractivity contribution in [3.63, 3.8) is 0 Å². The smallest absolute Gasteiger partial charge is 0.230 e. The van der Waals surface area contributed by atoms with Crippen LogP contribution in [-0.2, 0) is 4.79 Å². The molecule has 0 spiro atoms. The molecule has 3 nitrogen and oxygen atoms in total. The highest BCUT2D eigenvalue weighted by atomic mass is 32.2. The highest BCUT2D eigenvalue weighted by Gasteiger charge is 2.05. The average Bonchev–Trinajstić information content (AvgIpc) is 2.12. The summed E-state index contributed by atoms with van der Waals surface area (Å²) >= 11 is 1.64. The molecule has 0 heterocycles. The van der Waals surface area contributed by atoms with Gasteiger partial charge in [0.15, 0.2) is 0 Å². The minimum atomic E-state index is 0.0912. The normalized spacial score (nSPS) is 12.9. The molecular formula is C10H21NO2S. The fourth-order valence-electron chi connectivity index (χ4n) is 0.904. The molecule has 0 rings (SSSR count). The maximum atomic E-state index is 11.3. The topological polar surface area (TPSA) is 49.3 Å². The van der Waals surface area contributed by atoms with Gasteiger partial charge in [-0.3, -0.25) is 4.79 Å². The lowest BCUT2D eigenvalue weighted by Crippen LogP contribution is -2.30. The summed E-state index contributed by atoms with van der Waals surface area (Å²) in [4.78, 5) is 11.3. The van der Waals surface area contributed by atoms with Crippen molar-refractivity contribution in [1.82, 2.24) is 5.32 Å². The number of hydrogen-bond acceptors (Lipinski definition) is 3. The van der Waals surface area contributed by atoms with Crippen LogP contribution in [-0.4, -0.2) is 35.2 Å². The molecule has 0 aromatic rings. The molecule has 0 saturated heterocycles. The first kappa shape index (κ1) is 13.8. The van der Waals surface area contributed by atoms with E-state index >= 15 is 0 Å². The van der Waals surface area contributed by atoms with Crippen LogP contribution in [0.1, 0.15) is 27.2 Å². The Morgan fingerprint density at radius 3 is 2.57 bits per heavy atom. The number of aliphatic hydroxyl groups excluding tert-OH is 1. The second-order valence-electron chi connectivity index (χ2n) is 3.78. The quantitative estimate of drug-likeness (QED) is 0.678. The van der Waals surface area contributed by atoms with E-state index in [1.165, 1.54) is 0 Å². The molecule has 2 N–H and O–H groups in total. The molecule has 0 radical (unpaired) electrons. The lowest BCUT2D eigenvalue weighted by Gasteiger charge is -2.11. The Bertz CT molecular complexity index is 162. The number of rotatable bonds is 7. The van der Waals surface area contributed by atoms with Crippen molar-refractivity contribution in [1.29, 1.82) is 0 Å². The van der Waals surface area contributed by atoms with E-state index in [2.05, 4.69) is 19.2 Å². The van der Waals surface area contributed by atoms with Gasteiger partial charge in [-0.05, 0) is 17.6 Å². The summed E-state index contributed by atoms with van der Waals surface area (Å²) < 4.78 is 0. The predicted octanol–water partition coefficient (Wildman–Crippen LogP) is 1.26. The molecule has 1 unspecified atom stereocenters. The number of nitrogens with one attached hydrogen (secondary N) is 1.